The Morgan fingerprint density at radius 3 is 2.63 bits per heavy atom. The molecule has 1 N–H and O–H groups in total. The van der Waals surface area contributed by atoms with Gasteiger partial charge in [-0.3, -0.25) is 19.7 Å². The van der Waals surface area contributed by atoms with Gasteiger partial charge in [-0.2, -0.15) is 13.2 Å². The molecule has 0 aliphatic heterocycles. The molecule has 6 nitrogen and oxygen atoms in total. The van der Waals surface area contributed by atoms with Gasteiger partial charge in [0, 0.05) is 11.1 Å². The molecule has 0 fully saturated rings. The van der Waals surface area contributed by atoms with Crippen molar-refractivity contribution in [2.45, 2.75) is 6.18 Å². The number of hydrogen-bond acceptors (Lipinski definition) is 4. The van der Waals surface area contributed by atoms with Crippen molar-refractivity contribution in [3.8, 4) is 0 Å². The van der Waals surface area contributed by atoms with Gasteiger partial charge in [-0.1, -0.05) is 11.6 Å². The zero-order valence-corrected chi connectivity index (χ0v) is 9.79. The second kappa shape index (κ2) is 5.85. The largest absolute Gasteiger partial charge is 0.414 e. The molecule has 0 saturated carbocycles. The molecule has 10 heteroatoms. The van der Waals surface area contributed by atoms with E-state index in [1.807, 2.05) is 0 Å². The summed E-state index contributed by atoms with van der Waals surface area (Å²) in [6, 6.07) is 3.08. The maximum Gasteiger partial charge on any atom is 0.414 e. The lowest BCUT2D eigenvalue weighted by atomic mass is 10.2. The minimum absolute atomic E-state index is 0.0200. The van der Waals surface area contributed by atoms with E-state index >= 15 is 0 Å². The van der Waals surface area contributed by atoms with Crippen molar-refractivity contribution < 1.29 is 27.7 Å². The highest BCUT2D eigenvalue weighted by atomic mass is 35.5. The Morgan fingerprint density at radius 2 is 2.11 bits per heavy atom. The highest BCUT2D eigenvalue weighted by molar-refractivity contribution is 6.31. The van der Waals surface area contributed by atoms with Crippen LogP contribution in [0.1, 0.15) is 10.4 Å². The number of alkyl halides is 3. The number of carbonyl (C=O) groups excluding carboxylic acids is 1. The average Bonchev–Trinajstić information content (AvgIpc) is 2.26. The summed E-state index contributed by atoms with van der Waals surface area (Å²) >= 11 is 5.55. The summed E-state index contributed by atoms with van der Waals surface area (Å²) in [5.74, 6) is -1.20. The summed E-state index contributed by atoms with van der Waals surface area (Å²) in [7, 11) is 0. The molecule has 0 aromatic heterocycles. The Balaban J connectivity index is 2.81. The van der Waals surface area contributed by atoms with Gasteiger partial charge in [-0.05, 0) is 12.1 Å². The van der Waals surface area contributed by atoms with Crippen LogP contribution in [0.2, 0.25) is 5.02 Å². The van der Waals surface area contributed by atoms with E-state index < -0.39 is 34.9 Å². The zero-order chi connectivity index (χ0) is 14.6. The number of nitrogens with zero attached hydrogens (tertiary/aromatic N) is 1. The molecule has 0 aliphatic rings. The van der Waals surface area contributed by atoms with E-state index in [1.165, 1.54) is 11.5 Å². The first-order valence-electron chi connectivity index (χ1n) is 4.63. The number of carbonyl (C=O) groups is 1. The lowest BCUT2D eigenvalue weighted by molar-refractivity contribution is -0.385. The number of nitro benzene ring substituents is 1. The van der Waals surface area contributed by atoms with Gasteiger partial charge < -0.3 is 0 Å². The summed E-state index contributed by atoms with van der Waals surface area (Å²) < 4.78 is 35.3. The summed E-state index contributed by atoms with van der Waals surface area (Å²) in [6.07, 6.45) is -4.63. The van der Waals surface area contributed by atoms with Crippen LogP contribution >= 0.6 is 11.6 Å². The highest BCUT2D eigenvalue weighted by Gasteiger charge is 2.29. The van der Waals surface area contributed by atoms with Gasteiger partial charge in [-0.25, -0.2) is 5.48 Å². The summed E-state index contributed by atoms with van der Waals surface area (Å²) in [5.41, 5.74) is 0.356. The third-order valence-electron chi connectivity index (χ3n) is 1.80. The van der Waals surface area contributed by atoms with E-state index in [0.717, 1.165) is 12.1 Å². The number of nitro groups is 1. The SMILES string of the molecule is O=C(NOCC(F)(F)F)c1cc(Cl)ccc1[N+](=O)[O-]. The lowest BCUT2D eigenvalue weighted by Crippen LogP contribution is -2.29. The van der Waals surface area contributed by atoms with Gasteiger partial charge in [0.05, 0.1) is 4.92 Å². The van der Waals surface area contributed by atoms with Crippen LogP contribution in [-0.2, 0) is 4.84 Å². The quantitative estimate of drug-likeness (QED) is 0.684. The maximum absolute atomic E-state index is 11.8. The fourth-order valence-electron chi connectivity index (χ4n) is 1.09. The molecule has 1 aromatic carbocycles. The van der Waals surface area contributed by atoms with Crippen LogP contribution in [0.5, 0.6) is 0 Å². The van der Waals surface area contributed by atoms with Gasteiger partial charge in [0.15, 0.2) is 6.61 Å². The number of benzene rings is 1. The van der Waals surface area contributed by atoms with Crippen LogP contribution in [0.15, 0.2) is 18.2 Å². The van der Waals surface area contributed by atoms with Crippen molar-refractivity contribution in [3.05, 3.63) is 38.9 Å². The fraction of sp³-hybridized carbons (Fsp3) is 0.222. The number of nitrogens with one attached hydrogen (secondary N) is 1. The number of rotatable bonds is 4. The van der Waals surface area contributed by atoms with Crippen LogP contribution in [0, 0.1) is 10.1 Å². The Morgan fingerprint density at radius 1 is 1.47 bits per heavy atom. The third kappa shape index (κ3) is 4.72. The van der Waals surface area contributed by atoms with Crippen LogP contribution < -0.4 is 5.48 Å². The van der Waals surface area contributed by atoms with Gasteiger partial charge >= 0.3 is 6.18 Å². The van der Waals surface area contributed by atoms with Crippen LogP contribution in [0.4, 0.5) is 18.9 Å². The van der Waals surface area contributed by atoms with Gasteiger partial charge in [-0.15, -0.1) is 0 Å². The molecule has 0 radical (unpaired) electrons. The van der Waals surface area contributed by atoms with Crippen molar-refractivity contribution in [1.29, 1.82) is 0 Å². The first-order chi connectivity index (χ1) is 8.70. The van der Waals surface area contributed by atoms with E-state index in [1.54, 1.807) is 0 Å². The normalized spacial score (nSPS) is 11.2. The zero-order valence-electron chi connectivity index (χ0n) is 9.03. The third-order valence-corrected chi connectivity index (χ3v) is 2.04. The molecule has 1 aromatic rings. The monoisotopic (exact) mass is 298 g/mol. The van der Waals surface area contributed by atoms with E-state index in [0.29, 0.717) is 0 Å². The molecule has 104 valence electrons. The predicted molar refractivity (Wildman–Crippen MR) is 57.6 cm³/mol. The molecule has 1 rings (SSSR count). The Bertz CT molecular complexity index is 507. The molecule has 19 heavy (non-hydrogen) atoms. The Hall–Kier alpha value is -1.87. The fourth-order valence-corrected chi connectivity index (χ4v) is 1.26. The van der Waals surface area contributed by atoms with Crippen molar-refractivity contribution in [3.63, 3.8) is 0 Å². The standard InChI is InChI=1S/C9H6ClF3N2O4/c10-5-1-2-7(15(17)18)6(3-5)8(16)14-19-4-9(11,12)13/h1-3H,4H2,(H,14,16). The second-order valence-electron chi connectivity index (χ2n) is 3.25. The first kappa shape index (κ1) is 15.2. The second-order valence-corrected chi connectivity index (χ2v) is 3.69. The summed E-state index contributed by atoms with van der Waals surface area (Å²) in [6.45, 7) is -1.72. The van der Waals surface area contributed by atoms with Crippen molar-refractivity contribution in [2.24, 2.45) is 0 Å². The molecule has 0 aliphatic carbocycles. The molecule has 0 unspecified atom stereocenters. The average molecular weight is 299 g/mol. The predicted octanol–water partition coefficient (Wildman–Crippen LogP) is 2.47. The lowest BCUT2D eigenvalue weighted by Gasteiger charge is -2.08. The number of amides is 1. The first-order valence-corrected chi connectivity index (χ1v) is 5.01. The van der Waals surface area contributed by atoms with E-state index in [2.05, 4.69) is 4.84 Å². The van der Waals surface area contributed by atoms with Crippen LogP contribution in [0.25, 0.3) is 0 Å². The van der Waals surface area contributed by atoms with E-state index in [9.17, 15) is 28.1 Å². The molecule has 0 saturated heterocycles. The van der Waals surface area contributed by atoms with E-state index in [-0.39, 0.29) is 5.02 Å². The summed E-state index contributed by atoms with van der Waals surface area (Å²) in [4.78, 5) is 25.1. The maximum atomic E-state index is 11.8. The van der Waals surface area contributed by atoms with Crippen LogP contribution in [-0.4, -0.2) is 23.6 Å². The van der Waals surface area contributed by atoms with E-state index in [4.69, 9.17) is 11.6 Å². The topological polar surface area (TPSA) is 81.5 Å². The van der Waals surface area contributed by atoms with Gasteiger partial charge in [0.2, 0.25) is 0 Å². The van der Waals surface area contributed by atoms with Crippen molar-refractivity contribution in [1.82, 2.24) is 5.48 Å². The molecule has 0 bridgehead atoms. The molecule has 0 atom stereocenters. The minimum Gasteiger partial charge on any atom is -0.267 e. The molecule has 1 amide bonds. The highest BCUT2D eigenvalue weighted by Crippen LogP contribution is 2.22. The minimum atomic E-state index is -4.63. The Kier molecular flexibility index (Phi) is 4.67. The number of hydrogen-bond donors (Lipinski definition) is 1. The molecule has 0 spiro atoms. The summed E-state index contributed by atoms with van der Waals surface area (Å²) in [5, 5.41) is 10.7. The smallest absolute Gasteiger partial charge is 0.267 e. The Labute approximate surface area is 109 Å². The number of halogens is 4. The van der Waals surface area contributed by atoms with Crippen LogP contribution in [0.3, 0.4) is 0 Å². The number of hydroxylamine groups is 1. The molecule has 0 heterocycles. The molecular formula is C9H6ClF3N2O4. The molecular weight excluding hydrogens is 293 g/mol. The van der Waals surface area contributed by atoms with Gasteiger partial charge in [0.1, 0.15) is 5.56 Å². The van der Waals surface area contributed by atoms with Crippen molar-refractivity contribution >= 4 is 23.2 Å². The van der Waals surface area contributed by atoms with Crippen molar-refractivity contribution in [2.75, 3.05) is 6.61 Å². The van der Waals surface area contributed by atoms with Gasteiger partial charge in [0.25, 0.3) is 11.6 Å².